The first-order chi connectivity index (χ1) is 6.60. The van der Waals surface area contributed by atoms with Crippen LogP contribution in [-0.2, 0) is 9.59 Å². The largest absolute Gasteiger partial charge is 0.332 e. The Labute approximate surface area is 85.5 Å². The van der Waals surface area contributed by atoms with Gasteiger partial charge in [-0.25, -0.2) is 0 Å². The third kappa shape index (κ3) is 2.14. The van der Waals surface area contributed by atoms with E-state index in [4.69, 9.17) is 0 Å². The molecule has 0 saturated carbocycles. The molecule has 0 aliphatic carbocycles. The minimum atomic E-state index is -0.181. The Kier molecular flexibility index (Phi) is 3.67. The number of nitrogens with zero attached hydrogens (tertiary/aromatic N) is 1. The van der Waals surface area contributed by atoms with Crippen molar-refractivity contribution in [2.75, 3.05) is 6.54 Å². The summed E-state index contributed by atoms with van der Waals surface area (Å²) in [5.74, 6) is 0.715. The van der Waals surface area contributed by atoms with Gasteiger partial charge in [0.2, 0.25) is 5.91 Å². The molecule has 2 atom stereocenters. The second kappa shape index (κ2) is 4.58. The summed E-state index contributed by atoms with van der Waals surface area (Å²) in [5.41, 5.74) is 0. The fourth-order valence-electron chi connectivity index (χ4n) is 2.11. The summed E-state index contributed by atoms with van der Waals surface area (Å²) in [5, 5.41) is 0. The van der Waals surface area contributed by atoms with Gasteiger partial charge in [0.1, 0.15) is 0 Å². The van der Waals surface area contributed by atoms with Crippen molar-refractivity contribution in [3.05, 3.63) is 0 Å². The Morgan fingerprint density at radius 1 is 1.57 bits per heavy atom. The summed E-state index contributed by atoms with van der Waals surface area (Å²) in [4.78, 5) is 24.7. The van der Waals surface area contributed by atoms with E-state index in [1.165, 1.54) is 0 Å². The fourth-order valence-corrected chi connectivity index (χ4v) is 2.11. The molecule has 3 nitrogen and oxygen atoms in total. The van der Waals surface area contributed by atoms with Gasteiger partial charge in [-0.2, -0.15) is 0 Å². The van der Waals surface area contributed by atoms with Crippen molar-refractivity contribution in [1.82, 2.24) is 4.90 Å². The first kappa shape index (κ1) is 11.2. The molecule has 1 aliphatic rings. The molecule has 3 heteroatoms. The van der Waals surface area contributed by atoms with Crippen molar-refractivity contribution in [2.45, 2.75) is 46.1 Å². The zero-order valence-corrected chi connectivity index (χ0v) is 9.25. The zero-order valence-electron chi connectivity index (χ0n) is 9.25. The van der Waals surface area contributed by atoms with Gasteiger partial charge >= 0.3 is 0 Å². The molecular formula is C11H19NO2. The summed E-state index contributed by atoms with van der Waals surface area (Å²) in [6.45, 7) is 6.39. The second-order valence-corrected chi connectivity index (χ2v) is 4.06. The van der Waals surface area contributed by atoms with Gasteiger partial charge in [-0.05, 0) is 19.3 Å². The molecule has 2 unspecified atom stereocenters. The molecule has 1 rings (SSSR count). The first-order valence-corrected chi connectivity index (χ1v) is 5.40. The molecular weight excluding hydrogens is 178 g/mol. The lowest BCUT2D eigenvalue weighted by Crippen LogP contribution is -2.40. The van der Waals surface area contributed by atoms with Crippen LogP contribution in [0.4, 0.5) is 0 Å². The highest BCUT2D eigenvalue weighted by Crippen LogP contribution is 2.23. The Hall–Kier alpha value is -0.860. The van der Waals surface area contributed by atoms with Crippen LogP contribution in [0.25, 0.3) is 0 Å². The maximum absolute atomic E-state index is 11.6. The van der Waals surface area contributed by atoms with Crippen LogP contribution >= 0.6 is 0 Å². The molecule has 1 heterocycles. The number of carbonyl (C=O) groups excluding carboxylic acids is 2. The zero-order chi connectivity index (χ0) is 10.7. The standard InChI is InChI=1S/C11H19NO2/c1-4-9-6-11(14)12(7-9)10(5-2)8(3)13/h9-10H,4-7H2,1-3H3. The number of Topliss-reactive ketones (excluding diaryl/α,β-unsaturated/α-hetero) is 1. The van der Waals surface area contributed by atoms with Crippen molar-refractivity contribution in [2.24, 2.45) is 5.92 Å². The highest BCUT2D eigenvalue weighted by molar-refractivity contribution is 5.88. The summed E-state index contributed by atoms with van der Waals surface area (Å²) < 4.78 is 0. The van der Waals surface area contributed by atoms with Crippen molar-refractivity contribution in [3.8, 4) is 0 Å². The van der Waals surface area contributed by atoms with E-state index in [0.717, 1.165) is 19.4 Å². The van der Waals surface area contributed by atoms with E-state index in [1.54, 1.807) is 11.8 Å². The fraction of sp³-hybridized carbons (Fsp3) is 0.818. The molecule has 0 aromatic heterocycles. The average Bonchev–Trinajstić information content (AvgIpc) is 2.48. The van der Waals surface area contributed by atoms with E-state index in [-0.39, 0.29) is 17.7 Å². The monoisotopic (exact) mass is 197 g/mol. The Bertz CT molecular complexity index is 237. The average molecular weight is 197 g/mol. The number of rotatable bonds is 4. The van der Waals surface area contributed by atoms with Crippen molar-refractivity contribution in [1.29, 1.82) is 0 Å². The van der Waals surface area contributed by atoms with E-state index in [0.29, 0.717) is 12.3 Å². The first-order valence-electron chi connectivity index (χ1n) is 5.40. The third-order valence-electron chi connectivity index (χ3n) is 3.05. The number of hydrogen-bond donors (Lipinski definition) is 0. The third-order valence-corrected chi connectivity index (χ3v) is 3.05. The van der Waals surface area contributed by atoms with Crippen LogP contribution in [0.5, 0.6) is 0 Å². The van der Waals surface area contributed by atoms with E-state index in [1.807, 2.05) is 6.92 Å². The predicted octanol–water partition coefficient (Wildman–Crippen LogP) is 1.61. The van der Waals surface area contributed by atoms with E-state index >= 15 is 0 Å². The van der Waals surface area contributed by atoms with Crippen LogP contribution in [0.1, 0.15) is 40.0 Å². The maximum atomic E-state index is 11.6. The Morgan fingerprint density at radius 3 is 2.57 bits per heavy atom. The van der Waals surface area contributed by atoms with Gasteiger partial charge < -0.3 is 4.90 Å². The Morgan fingerprint density at radius 2 is 2.21 bits per heavy atom. The van der Waals surface area contributed by atoms with Crippen LogP contribution in [0.15, 0.2) is 0 Å². The molecule has 1 saturated heterocycles. The van der Waals surface area contributed by atoms with Gasteiger partial charge in [0.15, 0.2) is 5.78 Å². The van der Waals surface area contributed by atoms with Gasteiger partial charge in [-0.15, -0.1) is 0 Å². The molecule has 0 N–H and O–H groups in total. The van der Waals surface area contributed by atoms with Gasteiger partial charge in [-0.1, -0.05) is 20.3 Å². The van der Waals surface area contributed by atoms with E-state index in [9.17, 15) is 9.59 Å². The summed E-state index contributed by atoms with van der Waals surface area (Å²) in [7, 11) is 0. The van der Waals surface area contributed by atoms with Crippen molar-refractivity contribution < 1.29 is 9.59 Å². The molecule has 1 amide bonds. The topological polar surface area (TPSA) is 37.4 Å². The van der Waals surface area contributed by atoms with Crippen molar-refractivity contribution in [3.63, 3.8) is 0 Å². The van der Waals surface area contributed by atoms with Crippen molar-refractivity contribution >= 4 is 11.7 Å². The molecule has 80 valence electrons. The number of likely N-dealkylation sites (tertiary alicyclic amines) is 1. The number of amides is 1. The van der Waals surface area contributed by atoms with Crippen LogP contribution < -0.4 is 0 Å². The van der Waals surface area contributed by atoms with Crippen LogP contribution in [0, 0.1) is 5.92 Å². The smallest absolute Gasteiger partial charge is 0.223 e. The van der Waals surface area contributed by atoms with Gasteiger partial charge in [0.25, 0.3) is 0 Å². The van der Waals surface area contributed by atoms with Gasteiger partial charge in [0, 0.05) is 13.0 Å². The highest BCUT2D eigenvalue weighted by Gasteiger charge is 2.34. The van der Waals surface area contributed by atoms with Crippen LogP contribution in [0.3, 0.4) is 0 Å². The number of ketones is 1. The molecule has 0 aromatic rings. The minimum absolute atomic E-state index is 0.109. The molecule has 0 bridgehead atoms. The molecule has 0 radical (unpaired) electrons. The second-order valence-electron chi connectivity index (χ2n) is 4.06. The summed E-state index contributed by atoms with van der Waals surface area (Å²) >= 11 is 0. The molecule has 1 fully saturated rings. The number of hydrogen-bond acceptors (Lipinski definition) is 2. The summed E-state index contributed by atoms with van der Waals surface area (Å²) in [6, 6.07) is -0.181. The van der Waals surface area contributed by atoms with Gasteiger partial charge in [-0.3, -0.25) is 9.59 Å². The van der Waals surface area contributed by atoms with E-state index in [2.05, 4.69) is 6.92 Å². The molecule has 0 spiro atoms. The van der Waals surface area contributed by atoms with E-state index < -0.39 is 0 Å². The predicted molar refractivity (Wildman–Crippen MR) is 54.9 cm³/mol. The van der Waals surface area contributed by atoms with Crippen LogP contribution in [-0.4, -0.2) is 29.2 Å². The number of carbonyl (C=O) groups is 2. The molecule has 14 heavy (non-hydrogen) atoms. The highest BCUT2D eigenvalue weighted by atomic mass is 16.2. The molecule has 1 aliphatic heterocycles. The molecule has 0 aromatic carbocycles. The lowest BCUT2D eigenvalue weighted by Gasteiger charge is -2.24. The Balaban J connectivity index is 2.68. The minimum Gasteiger partial charge on any atom is -0.332 e. The maximum Gasteiger partial charge on any atom is 0.223 e. The lowest BCUT2D eigenvalue weighted by molar-refractivity contribution is -0.135. The SMILES string of the molecule is CCC1CC(=O)N(C(CC)C(C)=O)C1. The lowest BCUT2D eigenvalue weighted by atomic mass is 10.1. The van der Waals surface area contributed by atoms with Gasteiger partial charge in [0.05, 0.1) is 6.04 Å². The normalized spacial score (nSPS) is 24.1. The summed E-state index contributed by atoms with van der Waals surface area (Å²) in [6.07, 6.45) is 2.38. The quantitative estimate of drug-likeness (QED) is 0.686. The van der Waals surface area contributed by atoms with Crippen LogP contribution in [0.2, 0.25) is 0 Å².